The summed E-state index contributed by atoms with van der Waals surface area (Å²) in [6.45, 7) is 0. The molecule has 0 aromatic heterocycles. The number of hydrogen-bond donors (Lipinski definition) is 1. The molecule has 0 bridgehead atoms. The van der Waals surface area contributed by atoms with Crippen LogP contribution in [-0.4, -0.2) is 12.2 Å². The van der Waals surface area contributed by atoms with Crippen LogP contribution in [0.3, 0.4) is 0 Å². The van der Waals surface area contributed by atoms with Crippen LogP contribution in [0.4, 0.5) is 5.69 Å². The van der Waals surface area contributed by atoms with E-state index in [9.17, 15) is 4.79 Å². The number of carbonyl (C=O) groups is 1. The van der Waals surface area contributed by atoms with Gasteiger partial charge in [0.05, 0.1) is 6.42 Å². The molecule has 2 aromatic rings. The Kier molecular flexibility index (Phi) is 4.42. The van der Waals surface area contributed by atoms with Gasteiger partial charge in [0.1, 0.15) is 0 Å². The van der Waals surface area contributed by atoms with Crippen molar-refractivity contribution in [2.45, 2.75) is 11.3 Å². The lowest BCUT2D eigenvalue weighted by molar-refractivity contribution is -0.115. The van der Waals surface area contributed by atoms with Crippen LogP contribution in [0.1, 0.15) is 5.56 Å². The molecular formula is C15H15NOS. The molecule has 0 aliphatic rings. The normalized spacial score (nSPS) is 10.1. The summed E-state index contributed by atoms with van der Waals surface area (Å²) in [4.78, 5) is 13.0. The van der Waals surface area contributed by atoms with Gasteiger partial charge in [-0.2, -0.15) is 0 Å². The first-order valence-electron chi connectivity index (χ1n) is 5.76. The van der Waals surface area contributed by atoms with Crippen molar-refractivity contribution in [3.8, 4) is 0 Å². The van der Waals surface area contributed by atoms with E-state index in [1.54, 1.807) is 11.8 Å². The number of benzene rings is 2. The quantitative estimate of drug-likeness (QED) is 0.848. The maximum Gasteiger partial charge on any atom is 0.228 e. The second kappa shape index (κ2) is 6.26. The fraction of sp³-hybridized carbons (Fsp3) is 0.133. The number of amides is 1. The average molecular weight is 257 g/mol. The zero-order valence-electron chi connectivity index (χ0n) is 10.2. The van der Waals surface area contributed by atoms with Crippen LogP contribution in [0, 0.1) is 0 Å². The highest BCUT2D eigenvalue weighted by Crippen LogP contribution is 2.17. The minimum absolute atomic E-state index is 0.0121. The van der Waals surface area contributed by atoms with Gasteiger partial charge in [0, 0.05) is 10.6 Å². The Bertz CT molecular complexity index is 508. The summed E-state index contributed by atoms with van der Waals surface area (Å²) in [6.07, 6.45) is 2.44. The van der Waals surface area contributed by atoms with Crippen LogP contribution in [0.25, 0.3) is 0 Å². The van der Waals surface area contributed by atoms with E-state index in [1.165, 1.54) is 4.90 Å². The van der Waals surface area contributed by atoms with Crippen molar-refractivity contribution in [1.29, 1.82) is 0 Å². The first-order valence-corrected chi connectivity index (χ1v) is 6.98. The van der Waals surface area contributed by atoms with E-state index >= 15 is 0 Å². The van der Waals surface area contributed by atoms with Gasteiger partial charge < -0.3 is 5.32 Å². The van der Waals surface area contributed by atoms with Gasteiger partial charge in [-0.05, 0) is 36.1 Å². The van der Waals surface area contributed by atoms with E-state index in [0.717, 1.165) is 11.3 Å². The Hall–Kier alpha value is -1.74. The molecule has 0 spiro atoms. The smallest absolute Gasteiger partial charge is 0.228 e. The highest BCUT2D eigenvalue weighted by molar-refractivity contribution is 7.98. The van der Waals surface area contributed by atoms with Crippen molar-refractivity contribution in [2.75, 3.05) is 11.6 Å². The fourth-order valence-electron chi connectivity index (χ4n) is 1.66. The minimum atomic E-state index is 0.0121. The van der Waals surface area contributed by atoms with Crippen LogP contribution in [0.2, 0.25) is 0 Å². The summed E-state index contributed by atoms with van der Waals surface area (Å²) in [5.74, 6) is 0.0121. The first-order chi connectivity index (χ1) is 8.78. The summed E-state index contributed by atoms with van der Waals surface area (Å²) in [5.41, 5.74) is 1.87. The van der Waals surface area contributed by atoms with Gasteiger partial charge in [-0.15, -0.1) is 11.8 Å². The van der Waals surface area contributed by atoms with Gasteiger partial charge in [-0.25, -0.2) is 0 Å². The van der Waals surface area contributed by atoms with Crippen LogP contribution >= 0.6 is 11.8 Å². The molecule has 18 heavy (non-hydrogen) atoms. The van der Waals surface area contributed by atoms with Crippen LogP contribution in [-0.2, 0) is 11.2 Å². The van der Waals surface area contributed by atoms with Crippen molar-refractivity contribution in [3.05, 3.63) is 60.2 Å². The third kappa shape index (κ3) is 3.64. The van der Waals surface area contributed by atoms with Gasteiger partial charge in [0.2, 0.25) is 5.91 Å². The topological polar surface area (TPSA) is 29.1 Å². The predicted molar refractivity (Wildman–Crippen MR) is 77.0 cm³/mol. The fourth-order valence-corrected chi connectivity index (χ4v) is 2.07. The molecule has 1 N–H and O–H groups in total. The SMILES string of the molecule is CSc1ccc(NC(=O)Cc2ccccc2)cc1. The van der Waals surface area contributed by atoms with Gasteiger partial charge in [0.25, 0.3) is 0 Å². The zero-order valence-corrected chi connectivity index (χ0v) is 11.0. The van der Waals surface area contributed by atoms with Crippen molar-refractivity contribution < 1.29 is 4.79 Å². The lowest BCUT2D eigenvalue weighted by Gasteiger charge is -2.06. The molecule has 92 valence electrons. The molecule has 0 aliphatic heterocycles. The monoisotopic (exact) mass is 257 g/mol. The second-order valence-corrected chi connectivity index (χ2v) is 4.82. The molecule has 2 aromatic carbocycles. The van der Waals surface area contributed by atoms with Crippen molar-refractivity contribution >= 4 is 23.4 Å². The molecule has 2 nitrogen and oxygen atoms in total. The van der Waals surface area contributed by atoms with E-state index in [2.05, 4.69) is 5.32 Å². The molecule has 2 rings (SSSR count). The standard InChI is InChI=1S/C15H15NOS/c1-18-14-9-7-13(8-10-14)16-15(17)11-12-5-3-2-4-6-12/h2-10H,11H2,1H3,(H,16,17). The Balaban J connectivity index is 1.94. The highest BCUT2D eigenvalue weighted by Gasteiger charge is 2.03. The molecule has 0 heterocycles. The number of rotatable bonds is 4. The number of carbonyl (C=O) groups excluding carboxylic acids is 1. The molecule has 0 fully saturated rings. The zero-order chi connectivity index (χ0) is 12.8. The Morgan fingerprint density at radius 1 is 1.06 bits per heavy atom. The largest absolute Gasteiger partial charge is 0.326 e. The molecule has 0 aliphatic carbocycles. The van der Waals surface area contributed by atoms with Gasteiger partial charge in [-0.1, -0.05) is 30.3 Å². The highest BCUT2D eigenvalue weighted by atomic mass is 32.2. The number of thioether (sulfide) groups is 1. The molecule has 0 radical (unpaired) electrons. The molecule has 3 heteroatoms. The van der Waals surface area contributed by atoms with Crippen molar-refractivity contribution in [1.82, 2.24) is 0 Å². The summed E-state index contributed by atoms with van der Waals surface area (Å²) < 4.78 is 0. The minimum Gasteiger partial charge on any atom is -0.326 e. The second-order valence-electron chi connectivity index (χ2n) is 3.94. The Labute approximate surface area is 111 Å². The van der Waals surface area contributed by atoms with Crippen molar-refractivity contribution in [2.24, 2.45) is 0 Å². The molecule has 0 saturated carbocycles. The van der Waals surface area contributed by atoms with E-state index in [1.807, 2.05) is 60.9 Å². The number of hydrogen-bond acceptors (Lipinski definition) is 2. The summed E-state index contributed by atoms with van der Waals surface area (Å²) in [5, 5.41) is 2.89. The van der Waals surface area contributed by atoms with Crippen LogP contribution in [0.15, 0.2) is 59.5 Å². The maximum atomic E-state index is 11.8. The van der Waals surface area contributed by atoms with E-state index < -0.39 is 0 Å². The Morgan fingerprint density at radius 2 is 1.72 bits per heavy atom. The maximum absolute atomic E-state index is 11.8. The van der Waals surface area contributed by atoms with Gasteiger partial charge in [-0.3, -0.25) is 4.79 Å². The molecule has 1 amide bonds. The van der Waals surface area contributed by atoms with Crippen molar-refractivity contribution in [3.63, 3.8) is 0 Å². The first kappa shape index (κ1) is 12.7. The number of anilines is 1. The molecule has 0 atom stereocenters. The summed E-state index contributed by atoms with van der Waals surface area (Å²) in [6, 6.07) is 17.6. The van der Waals surface area contributed by atoms with Crippen LogP contribution < -0.4 is 5.32 Å². The summed E-state index contributed by atoms with van der Waals surface area (Å²) >= 11 is 1.69. The van der Waals surface area contributed by atoms with E-state index in [-0.39, 0.29) is 5.91 Å². The van der Waals surface area contributed by atoms with E-state index in [0.29, 0.717) is 6.42 Å². The van der Waals surface area contributed by atoms with E-state index in [4.69, 9.17) is 0 Å². The Morgan fingerprint density at radius 3 is 2.33 bits per heavy atom. The number of nitrogens with one attached hydrogen (secondary N) is 1. The predicted octanol–water partition coefficient (Wildman–Crippen LogP) is 3.59. The lowest BCUT2D eigenvalue weighted by Crippen LogP contribution is -2.14. The third-order valence-corrected chi connectivity index (χ3v) is 3.32. The molecule has 0 saturated heterocycles. The van der Waals surface area contributed by atoms with Crippen LogP contribution in [0.5, 0.6) is 0 Å². The average Bonchev–Trinajstić information content (AvgIpc) is 2.40. The lowest BCUT2D eigenvalue weighted by atomic mass is 10.1. The molecular weight excluding hydrogens is 242 g/mol. The van der Waals surface area contributed by atoms with Gasteiger partial charge in [0.15, 0.2) is 0 Å². The summed E-state index contributed by atoms with van der Waals surface area (Å²) in [7, 11) is 0. The molecule has 0 unspecified atom stereocenters. The third-order valence-electron chi connectivity index (χ3n) is 2.58. The van der Waals surface area contributed by atoms with Gasteiger partial charge >= 0.3 is 0 Å².